The van der Waals surface area contributed by atoms with E-state index in [1.807, 2.05) is 24.4 Å². The molecule has 0 N–H and O–H groups in total. The lowest BCUT2D eigenvalue weighted by molar-refractivity contribution is 0.964. The Hall–Kier alpha value is -1.89. The maximum absolute atomic E-state index is 8.47. The van der Waals surface area contributed by atoms with E-state index in [0.29, 0.717) is 5.69 Å². The van der Waals surface area contributed by atoms with E-state index in [-0.39, 0.29) is 0 Å². The Morgan fingerprint density at radius 2 is 2.36 bits per heavy atom. The van der Waals surface area contributed by atoms with E-state index >= 15 is 0 Å². The summed E-state index contributed by atoms with van der Waals surface area (Å²) in [5, 5.41) is 15.9. The first-order chi connectivity index (χ1) is 5.40. The molecule has 11 heavy (non-hydrogen) atoms. The summed E-state index contributed by atoms with van der Waals surface area (Å²) in [4.78, 5) is 0. The first kappa shape index (κ1) is 5.86. The molecular formula is C7H4N4. The lowest BCUT2D eigenvalue weighted by Gasteiger charge is -1.90. The van der Waals surface area contributed by atoms with Gasteiger partial charge >= 0.3 is 0 Å². The summed E-state index contributed by atoms with van der Waals surface area (Å²) >= 11 is 0. The Kier molecular flexibility index (Phi) is 1.10. The van der Waals surface area contributed by atoms with Gasteiger partial charge in [0, 0.05) is 12.4 Å². The van der Waals surface area contributed by atoms with Gasteiger partial charge in [-0.15, -0.1) is 10.2 Å². The minimum Gasteiger partial charge on any atom is -0.304 e. The summed E-state index contributed by atoms with van der Waals surface area (Å²) in [6.07, 6.45) is 3.47. The predicted molar refractivity (Wildman–Crippen MR) is 37.7 cm³/mol. The highest BCUT2D eigenvalue weighted by Gasteiger charge is 1.95. The summed E-state index contributed by atoms with van der Waals surface area (Å²) in [7, 11) is 0. The zero-order chi connectivity index (χ0) is 7.68. The van der Waals surface area contributed by atoms with E-state index in [1.165, 1.54) is 0 Å². The van der Waals surface area contributed by atoms with Gasteiger partial charge < -0.3 is 4.40 Å². The highest BCUT2D eigenvalue weighted by molar-refractivity contribution is 5.38. The minimum absolute atomic E-state index is 0.328. The molecule has 0 bridgehead atoms. The Bertz CT molecular complexity index is 423. The van der Waals surface area contributed by atoms with E-state index in [1.54, 1.807) is 10.6 Å². The van der Waals surface area contributed by atoms with Crippen LogP contribution in [0.3, 0.4) is 0 Å². The molecule has 52 valence electrons. The molecule has 4 nitrogen and oxygen atoms in total. The molecule has 0 spiro atoms. The smallest absolute Gasteiger partial charge is 0.179 e. The Balaban J connectivity index is 2.79. The van der Waals surface area contributed by atoms with Crippen molar-refractivity contribution >= 4 is 5.65 Å². The summed E-state index contributed by atoms with van der Waals surface area (Å²) in [6.45, 7) is 0. The van der Waals surface area contributed by atoms with E-state index in [4.69, 9.17) is 5.26 Å². The summed E-state index contributed by atoms with van der Waals surface area (Å²) < 4.78 is 1.76. The first-order valence-electron chi connectivity index (χ1n) is 3.10. The molecule has 0 radical (unpaired) electrons. The molecule has 4 heteroatoms. The lowest BCUT2D eigenvalue weighted by atomic mass is 10.5. The molecule has 0 aliphatic carbocycles. The van der Waals surface area contributed by atoms with Crippen molar-refractivity contribution in [3.05, 3.63) is 30.2 Å². The first-order valence-corrected chi connectivity index (χ1v) is 3.10. The summed E-state index contributed by atoms with van der Waals surface area (Å²) in [5.41, 5.74) is 1.08. The van der Waals surface area contributed by atoms with Gasteiger partial charge in [0.25, 0.3) is 0 Å². The second kappa shape index (κ2) is 2.06. The monoisotopic (exact) mass is 144 g/mol. The molecule has 0 aliphatic heterocycles. The molecule has 2 aromatic rings. The fourth-order valence-corrected chi connectivity index (χ4v) is 0.892. The van der Waals surface area contributed by atoms with Crippen LogP contribution in [0.2, 0.25) is 0 Å². The normalized spacial score (nSPS) is 9.73. The number of nitrogens with zero attached hydrogens (tertiary/aromatic N) is 4. The van der Waals surface area contributed by atoms with Crippen LogP contribution in [0, 0.1) is 11.3 Å². The average molecular weight is 144 g/mol. The van der Waals surface area contributed by atoms with Crippen LogP contribution in [0.4, 0.5) is 0 Å². The Morgan fingerprint density at radius 3 is 3.18 bits per heavy atom. The number of rotatable bonds is 0. The average Bonchev–Trinajstić information content (AvgIpc) is 2.50. The van der Waals surface area contributed by atoms with Crippen LogP contribution in [0.15, 0.2) is 24.5 Å². The second-order valence-corrected chi connectivity index (χ2v) is 2.10. The molecule has 0 unspecified atom stereocenters. The van der Waals surface area contributed by atoms with Crippen LogP contribution in [0.5, 0.6) is 0 Å². The SMILES string of the molecule is N#Cc1cn2cccc2nn1. The summed E-state index contributed by atoms with van der Waals surface area (Å²) in [6, 6.07) is 5.59. The molecule has 0 aliphatic rings. The zero-order valence-corrected chi connectivity index (χ0v) is 5.60. The van der Waals surface area contributed by atoms with E-state index in [2.05, 4.69) is 10.2 Å². The number of hydrogen-bond donors (Lipinski definition) is 0. The van der Waals surface area contributed by atoms with Crippen molar-refractivity contribution < 1.29 is 0 Å². The number of hydrogen-bond acceptors (Lipinski definition) is 3. The van der Waals surface area contributed by atoms with Crippen molar-refractivity contribution in [2.45, 2.75) is 0 Å². The lowest BCUT2D eigenvalue weighted by Crippen LogP contribution is -1.92. The Morgan fingerprint density at radius 1 is 1.45 bits per heavy atom. The molecule has 0 fully saturated rings. The van der Waals surface area contributed by atoms with Gasteiger partial charge in [-0.1, -0.05) is 0 Å². The molecule has 2 aromatic heterocycles. The topological polar surface area (TPSA) is 54.0 Å². The summed E-state index contributed by atoms with van der Waals surface area (Å²) in [5.74, 6) is 0. The fraction of sp³-hybridized carbons (Fsp3) is 0. The van der Waals surface area contributed by atoms with Crippen molar-refractivity contribution in [1.29, 1.82) is 5.26 Å². The third-order valence-corrected chi connectivity index (χ3v) is 1.39. The highest BCUT2D eigenvalue weighted by Crippen LogP contribution is 1.99. The molecule has 0 amide bonds. The van der Waals surface area contributed by atoms with Gasteiger partial charge in [0.2, 0.25) is 0 Å². The predicted octanol–water partition coefficient (Wildman–Crippen LogP) is 0.601. The number of nitriles is 1. The number of fused-ring (bicyclic) bond motifs is 1. The van der Waals surface area contributed by atoms with Gasteiger partial charge in [-0.3, -0.25) is 0 Å². The zero-order valence-electron chi connectivity index (χ0n) is 5.60. The molecule has 2 rings (SSSR count). The highest BCUT2D eigenvalue weighted by atomic mass is 15.2. The molecular weight excluding hydrogens is 140 g/mol. The van der Waals surface area contributed by atoms with Gasteiger partial charge in [-0.25, -0.2) is 0 Å². The van der Waals surface area contributed by atoms with Crippen LogP contribution < -0.4 is 0 Å². The van der Waals surface area contributed by atoms with Gasteiger partial charge in [0.1, 0.15) is 6.07 Å². The third-order valence-electron chi connectivity index (χ3n) is 1.39. The number of aromatic nitrogens is 3. The van der Waals surface area contributed by atoms with Crippen LogP contribution in [0.25, 0.3) is 5.65 Å². The van der Waals surface area contributed by atoms with Crippen LogP contribution in [-0.2, 0) is 0 Å². The van der Waals surface area contributed by atoms with E-state index < -0.39 is 0 Å². The molecule has 0 saturated heterocycles. The molecule has 2 heterocycles. The third kappa shape index (κ3) is 0.829. The van der Waals surface area contributed by atoms with Crippen molar-refractivity contribution in [2.75, 3.05) is 0 Å². The fourth-order valence-electron chi connectivity index (χ4n) is 0.892. The maximum atomic E-state index is 8.47. The van der Waals surface area contributed by atoms with Crippen molar-refractivity contribution in [3.8, 4) is 6.07 Å². The van der Waals surface area contributed by atoms with Crippen molar-refractivity contribution in [3.63, 3.8) is 0 Å². The standard InChI is InChI=1S/C7H4N4/c8-4-6-5-11-3-1-2-7(11)10-9-6/h1-3,5H. The molecule has 0 saturated carbocycles. The maximum Gasteiger partial charge on any atom is 0.179 e. The second-order valence-electron chi connectivity index (χ2n) is 2.10. The van der Waals surface area contributed by atoms with Crippen LogP contribution >= 0.6 is 0 Å². The van der Waals surface area contributed by atoms with Crippen LogP contribution in [0.1, 0.15) is 5.69 Å². The minimum atomic E-state index is 0.328. The van der Waals surface area contributed by atoms with Gasteiger partial charge in [-0.05, 0) is 12.1 Å². The molecule has 0 aromatic carbocycles. The quantitative estimate of drug-likeness (QED) is 0.544. The van der Waals surface area contributed by atoms with Gasteiger partial charge in [-0.2, -0.15) is 5.26 Å². The van der Waals surface area contributed by atoms with Gasteiger partial charge in [0.05, 0.1) is 0 Å². The van der Waals surface area contributed by atoms with E-state index in [0.717, 1.165) is 5.65 Å². The van der Waals surface area contributed by atoms with E-state index in [9.17, 15) is 0 Å². The molecule has 0 atom stereocenters. The van der Waals surface area contributed by atoms with Gasteiger partial charge in [0.15, 0.2) is 11.3 Å². The largest absolute Gasteiger partial charge is 0.304 e. The van der Waals surface area contributed by atoms with Crippen LogP contribution in [-0.4, -0.2) is 14.6 Å². The Labute approximate surface area is 62.7 Å². The van der Waals surface area contributed by atoms with Crippen molar-refractivity contribution in [2.24, 2.45) is 0 Å². The van der Waals surface area contributed by atoms with Crippen molar-refractivity contribution in [1.82, 2.24) is 14.6 Å².